The van der Waals surface area contributed by atoms with Gasteiger partial charge in [-0.3, -0.25) is 9.59 Å². The van der Waals surface area contributed by atoms with Crippen LogP contribution in [-0.2, 0) is 11.3 Å². The average molecular weight is 510 g/mol. The van der Waals surface area contributed by atoms with E-state index in [2.05, 4.69) is 16.8 Å². The van der Waals surface area contributed by atoms with E-state index in [4.69, 9.17) is 16.3 Å². The fourth-order valence-corrected chi connectivity index (χ4v) is 5.25. The lowest BCUT2D eigenvalue weighted by molar-refractivity contribution is -0.133. The number of halogens is 1. The summed E-state index contributed by atoms with van der Waals surface area (Å²) < 4.78 is 7.39. The lowest BCUT2D eigenvalue weighted by atomic mass is 10.1. The largest absolute Gasteiger partial charge is 0.495 e. The van der Waals surface area contributed by atoms with E-state index in [1.54, 1.807) is 13.2 Å². The van der Waals surface area contributed by atoms with Crippen LogP contribution >= 0.6 is 11.6 Å². The van der Waals surface area contributed by atoms with Crippen LogP contribution in [0.4, 0.5) is 5.69 Å². The molecular formula is C27H32ClN5O3. The van der Waals surface area contributed by atoms with E-state index in [0.717, 1.165) is 61.6 Å². The third kappa shape index (κ3) is 4.88. The maximum Gasteiger partial charge on any atom is 0.256 e. The minimum atomic E-state index is -0.0206. The number of methoxy groups -OCH3 is 1. The quantitative estimate of drug-likeness (QED) is 0.529. The Balaban J connectivity index is 1.34. The first-order valence-electron chi connectivity index (χ1n) is 12.4. The summed E-state index contributed by atoms with van der Waals surface area (Å²) in [5, 5.41) is 1.40. The third-order valence-corrected chi connectivity index (χ3v) is 7.46. The Morgan fingerprint density at radius 2 is 1.61 bits per heavy atom. The number of amides is 2. The molecule has 3 heterocycles. The molecule has 2 amide bonds. The molecule has 1 aromatic heterocycles. The summed E-state index contributed by atoms with van der Waals surface area (Å²) in [6, 6.07) is 13.5. The molecule has 36 heavy (non-hydrogen) atoms. The standard InChI is InChI=1S/C27H32ClN5O3/c1-29-9-11-31(12-10-29)26(34)19-33-18-22(21-8-7-20(28)17-24(21)33)27(35)32-15-13-30(14-16-32)23-5-3-4-6-25(23)36-2/h3-8,17-18H,9-16,19H2,1-2H3. The number of piperazine rings is 2. The van der Waals surface area contributed by atoms with Crippen molar-refractivity contribution in [3.63, 3.8) is 0 Å². The molecule has 0 spiro atoms. The lowest BCUT2D eigenvalue weighted by Crippen LogP contribution is -2.49. The highest BCUT2D eigenvalue weighted by Crippen LogP contribution is 2.30. The molecule has 8 nitrogen and oxygen atoms in total. The zero-order valence-electron chi connectivity index (χ0n) is 20.8. The molecule has 0 saturated carbocycles. The van der Waals surface area contributed by atoms with Crippen LogP contribution in [0.1, 0.15) is 10.4 Å². The van der Waals surface area contributed by atoms with Crippen molar-refractivity contribution in [3.8, 4) is 5.75 Å². The number of hydrogen-bond donors (Lipinski definition) is 0. The smallest absolute Gasteiger partial charge is 0.256 e. The van der Waals surface area contributed by atoms with E-state index in [0.29, 0.717) is 23.7 Å². The molecule has 0 aliphatic carbocycles. The van der Waals surface area contributed by atoms with Gasteiger partial charge in [-0.05, 0) is 31.3 Å². The summed E-state index contributed by atoms with van der Waals surface area (Å²) in [5.74, 6) is 0.874. The Labute approximate surface area is 216 Å². The van der Waals surface area contributed by atoms with Gasteiger partial charge in [0.05, 0.1) is 23.9 Å². The second-order valence-corrected chi connectivity index (χ2v) is 9.90. The van der Waals surface area contributed by atoms with E-state index in [1.165, 1.54) is 0 Å². The monoisotopic (exact) mass is 509 g/mol. The van der Waals surface area contributed by atoms with E-state index < -0.39 is 0 Å². The van der Waals surface area contributed by atoms with Crippen LogP contribution in [0.2, 0.25) is 5.02 Å². The van der Waals surface area contributed by atoms with Crippen LogP contribution in [0.25, 0.3) is 10.9 Å². The van der Waals surface area contributed by atoms with Gasteiger partial charge in [0.25, 0.3) is 5.91 Å². The Kier molecular flexibility index (Phi) is 7.07. The van der Waals surface area contributed by atoms with Gasteiger partial charge in [0, 0.05) is 69.0 Å². The van der Waals surface area contributed by atoms with Gasteiger partial charge in [-0.25, -0.2) is 0 Å². The van der Waals surface area contributed by atoms with Gasteiger partial charge >= 0.3 is 0 Å². The molecule has 2 fully saturated rings. The maximum atomic E-state index is 13.6. The van der Waals surface area contributed by atoms with Gasteiger partial charge in [-0.1, -0.05) is 29.8 Å². The van der Waals surface area contributed by atoms with Crippen molar-refractivity contribution >= 4 is 40.0 Å². The molecule has 2 saturated heterocycles. The molecule has 190 valence electrons. The molecule has 2 aliphatic heterocycles. The Hall–Kier alpha value is -3.23. The number of carbonyl (C=O) groups is 2. The van der Waals surface area contributed by atoms with Crippen molar-refractivity contribution < 1.29 is 14.3 Å². The van der Waals surface area contributed by atoms with Gasteiger partial charge < -0.3 is 28.9 Å². The van der Waals surface area contributed by atoms with E-state index in [9.17, 15) is 9.59 Å². The van der Waals surface area contributed by atoms with E-state index in [1.807, 2.05) is 57.0 Å². The van der Waals surface area contributed by atoms with Crippen LogP contribution in [0.5, 0.6) is 5.75 Å². The molecule has 2 aliphatic rings. The predicted octanol–water partition coefficient (Wildman–Crippen LogP) is 3.04. The first kappa shape index (κ1) is 24.5. The molecule has 2 aromatic carbocycles. The topological polar surface area (TPSA) is 61.3 Å². The molecule has 0 bridgehead atoms. The van der Waals surface area contributed by atoms with Gasteiger partial charge in [0.15, 0.2) is 0 Å². The Morgan fingerprint density at radius 3 is 2.33 bits per heavy atom. The van der Waals surface area contributed by atoms with Crippen LogP contribution in [0.15, 0.2) is 48.7 Å². The number of ether oxygens (including phenoxy) is 1. The number of nitrogens with zero attached hydrogens (tertiary/aromatic N) is 5. The molecule has 9 heteroatoms. The summed E-state index contributed by atoms with van der Waals surface area (Å²) >= 11 is 6.30. The molecule has 0 radical (unpaired) electrons. The summed E-state index contributed by atoms with van der Waals surface area (Å²) in [7, 11) is 3.74. The molecule has 0 unspecified atom stereocenters. The van der Waals surface area contributed by atoms with E-state index in [-0.39, 0.29) is 18.4 Å². The van der Waals surface area contributed by atoms with Crippen molar-refractivity contribution in [2.75, 3.05) is 71.4 Å². The molecular weight excluding hydrogens is 478 g/mol. The van der Waals surface area contributed by atoms with Gasteiger partial charge in [-0.2, -0.15) is 0 Å². The average Bonchev–Trinajstić information content (AvgIpc) is 3.25. The van der Waals surface area contributed by atoms with Crippen LogP contribution in [-0.4, -0.2) is 97.6 Å². The number of hydrogen-bond acceptors (Lipinski definition) is 5. The number of carbonyl (C=O) groups excluding carboxylic acids is 2. The molecule has 0 atom stereocenters. The van der Waals surface area contributed by atoms with Crippen molar-refractivity contribution in [1.29, 1.82) is 0 Å². The Bertz CT molecular complexity index is 1260. The Morgan fingerprint density at radius 1 is 0.917 bits per heavy atom. The highest BCUT2D eigenvalue weighted by atomic mass is 35.5. The number of para-hydroxylation sites is 2. The number of anilines is 1. The number of likely N-dealkylation sites (N-methyl/N-ethyl adjacent to an activating group) is 1. The zero-order valence-corrected chi connectivity index (χ0v) is 21.6. The van der Waals surface area contributed by atoms with Crippen LogP contribution < -0.4 is 9.64 Å². The third-order valence-electron chi connectivity index (χ3n) is 7.23. The fourth-order valence-electron chi connectivity index (χ4n) is 5.08. The van der Waals surface area contributed by atoms with Crippen molar-refractivity contribution in [1.82, 2.24) is 19.3 Å². The van der Waals surface area contributed by atoms with Crippen LogP contribution in [0, 0.1) is 0 Å². The SMILES string of the molecule is COc1ccccc1N1CCN(C(=O)c2cn(CC(=O)N3CCN(C)CC3)c3cc(Cl)ccc23)CC1. The lowest BCUT2D eigenvalue weighted by Gasteiger charge is -2.36. The number of rotatable bonds is 5. The second-order valence-electron chi connectivity index (χ2n) is 9.47. The van der Waals surface area contributed by atoms with Gasteiger partial charge in [0.2, 0.25) is 5.91 Å². The number of aromatic nitrogens is 1. The number of fused-ring (bicyclic) bond motifs is 1. The summed E-state index contributed by atoms with van der Waals surface area (Å²) in [4.78, 5) is 34.9. The summed E-state index contributed by atoms with van der Waals surface area (Å²) in [6.45, 7) is 6.03. The van der Waals surface area contributed by atoms with Gasteiger partial charge in [0.1, 0.15) is 12.3 Å². The molecule has 5 rings (SSSR count). The zero-order chi connectivity index (χ0) is 25.2. The molecule has 0 N–H and O–H groups in total. The number of benzene rings is 2. The minimum Gasteiger partial charge on any atom is -0.495 e. The predicted molar refractivity (Wildman–Crippen MR) is 142 cm³/mol. The second kappa shape index (κ2) is 10.4. The first-order valence-corrected chi connectivity index (χ1v) is 12.7. The summed E-state index contributed by atoms with van der Waals surface area (Å²) in [5.41, 5.74) is 2.46. The first-order chi connectivity index (χ1) is 17.4. The normalized spacial score (nSPS) is 17.0. The van der Waals surface area contributed by atoms with Crippen molar-refractivity contribution in [2.24, 2.45) is 0 Å². The maximum absolute atomic E-state index is 13.6. The fraction of sp³-hybridized carbons (Fsp3) is 0.407. The van der Waals surface area contributed by atoms with Crippen molar-refractivity contribution in [3.05, 3.63) is 59.2 Å². The minimum absolute atomic E-state index is 0.0206. The van der Waals surface area contributed by atoms with E-state index >= 15 is 0 Å². The highest BCUT2D eigenvalue weighted by Gasteiger charge is 2.27. The van der Waals surface area contributed by atoms with Crippen molar-refractivity contribution in [2.45, 2.75) is 6.54 Å². The molecule has 3 aromatic rings. The highest BCUT2D eigenvalue weighted by molar-refractivity contribution is 6.31. The summed E-state index contributed by atoms with van der Waals surface area (Å²) in [6.07, 6.45) is 1.82. The van der Waals surface area contributed by atoms with Gasteiger partial charge in [-0.15, -0.1) is 0 Å². The van der Waals surface area contributed by atoms with Crippen LogP contribution in [0.3, 0.4) is 0 Å².